The monoisotopic (exact) mass is 647 g/mol. The van der Waals surface area contributed by atoms with Crippen LogP contribution in [0.15, 0.2) is 0 Å². The first-order chi connectivity index (χ1) is 21.8. The summed E-state index contributed by atoms with van der Waals surface area (Å²) in [5.41, 5.74) is 0. The molecular formula is C35H69NO9. The summed E-state index contributed by atoms with van der Waals surface area (Å²) in [6.07, 6.45) is 14.1. The Labute approximate surface area is 273 Å². The average molecular weight is 648 g/mol. The van der Waals surface area contributed by atoms with E-state index in [0.717, 1.165) is 51.4 Å². The second-order valence-electron chi connectivity index (χ2n) is 13.2. The standard InChI is InChI=1S/C35H69NO9/c1-3-5-7-9-11-13-14-16-17-19-21-23-28(38)31(40)27(26-44-35-34(43)33(42)32(41)29(25-37)45-35)36-30(39)24-22-20-18-15-12-10-8-6-4-2/h27-29,31-35,37-38,40-43H,3-26H2,1-2H3,(H,36,39)/t27-,28+,29+,31-,32-,33?,34?,35+/m0/s1. The molecule has 10 heteroatoms. The van der Waals surface area contributed by atoms with Gasteiger partial charge in [-0.25, -0.2) is 0 Å². The van der Waals surface area contributed by atoms with Gasteiger partial charge in [0, 0.05) is 6.42 Å². The summed E-state index contributed by atoms with van der Waals surface area (Å²) in [7, 11) is 0. The highest BCUT2D eigenvalue weighted by Crippen LogP contribution is 2.23. The lowest BCUT2D eigenvalue weighted by Gasteiger charge is -2.40. The highest BCUT2D eigenvalue weighted by atomic mass is 16.7. The van der Waals surface area contributed by atoms with Crippen molar-refractivity contribution in [2.45, 2.75) is 204 Å². The van der Waals surface area contributed by atoms with Crippen LogP contribution in [0.5, 0.6) is 0 Å². The predicted molar refractivity (Wildman–Crippen MR) is 177 cm³/mol. The molecular weight excluding hydrogens is 578 g/mol. The molecule has 1 rings (SSSR count). The van der Waals surface area contributed by atoms with E-state index in [-0.39, 0.29) is 18.9 Å². The molecule has 0 aromatic rings. The van der Waals surface area contributed by atoms with E-state index in [1.54, 1.807) is 0 Å². The summed E-state index contributed by atoms with van der Waals surface area (Å²) in [5, 5.41) is 64.6. The zero-order valence-electron chi connectivity index (χ0n) is 28.5. The highest BCUT2D eigenvalue weighted by molar-refractivity contribution is 5.76. The number of amides is 1. The van der Waals surface area contributed by atoms with Gasteiger partial charge in [-0.2, -0.15) is 0 Å². The van der Waals surface area contributed by atoms with E-state index >= 15 is 0 Å². The normalized spacial score (nSPS) is 24.0. The van der Waals surface area contributed by atoms with Crippen molar-refractivity contribution in [3.63, 3.8) is 0 Å². The molecule has 0 aromatic carbocycles. The molecule has 1 amide bonds. The van der Waals surface area contributed by atoms with Crippen molar-refractivity contribution < 1.29 is 44.9 Å². The van der Waals surface area contributed by atoms with Gasteiger partial charge >= 0.3 is 0 Å². The SMILES string of the molecule is CCCCCCCCCCCCC[C@@H](O)[C@@H](O)[C@H](CO[C@@H]1O[C@H](CO)[C@H](O)C(O)C1O)NC(=O)CCCCCCCCCCC. The third kappa shape index (κ3) is 18.9. The number of aliphatic hydroxyl groups excluding tert-OH is 6. The Morgan fingerprint density at radius 1 is 0.689 bits per heavy atom. The van der Waals surface area contributed by atoms with Gasteiger partial charge in [0.2, 0.25) is 5.91 Å². The van der Waals surface area contributed by atoms with E-state index in [1.807, 2.05) is 0 Å². The fourth-order valence-corrected chi connectivity index (χ4v) is 5.96. The molecule has 1 fully saturated rings. The van der Waals surface area contributed by atoms with Crippen LogP contribution >= 0.6 is 0 Å². The number of rotatable bonds is 29. The average Bonchev–Trinajstić information content (AvgIpc) is 3.03. The van der Waals surface area contributed by atoms with Crippen molar-refractivity contribution in [2.24, 2.45) is 0 Å². The van der Waals surface area contributed by atoms with Crippen LogP contribution in [0.2, 0.25) is 0 Å². The number of ether oxygens (including phenoxy) is 2. The number of nitrogens with one attached hydrogen (secondary N) is 1. The second-order valence-corrected chi connectivity index (χ2v) is 13.2. The van der Waals surface area contributed by atoms with Crippen LogP contribution in [-0.2, 0) is 14.3 Å². The van der Waals surface area contributed by atoms with Crippen LogP contribution in [0.3, 0.4) is 0 Å². The Balaban J connectivity index is 2.54. The van der Waals surface area contributed by atoms with Crippen molar-refractivity contribution >= 4 is 5.91 Å². The lowest BCUT2D eigenvalue weighted by molar-refractivity contribution is -0.303. The van der Waals surface area contributed by atoms with Gasteiger partial charge in [-0.05, 0) is 12.8 Å². The molecule has 7 N–H and O–H groups in total. The van der Waals surface area contributed by atoms with Crippen LogP contribution in [-0.4, -0.2) is 98.7 Å². The minimum absolute atomic E-state index is 0.263. The zero-order chi connectivity index (χ0) is 33.3. The largest absolute Gasteiger partial charge is 0.394 e. The molecule has 0 aromatic heterocycles. The Morgan fingerprint density at radius 3 is 1.64 bits per heavy atom. The number of unbranched alkanes of at least 4 members (excludes halogenated alkanes) is 18. The van der Waals surface area contributed by atoms with E-state index in [4.69, 9.17) is 9.47 Å². The van der Waals surface area contributed by atoms with Crippen molar-refractivity contribution in [2.75, 3.05) is 13.2 Å². The maximum atomic E-state index is 12.8. The molecule has 0 aliphatic carbocycles. The lowest BCUT2D eigenvalue weighted by atomic mass is 9.98. The third-order valence-electron chi connectivity index (χ3n) is 9.05. The maximum absolute atomic E-state index is 12.8. The second kappa shape index (κ2) is 27.1. The molecule has 0 bridgehead atoms. The Morgan fingerprint density at radius 2 is 1.16 bits per heavy atom. The molecule has 0 radical (unpaired) electrons. The quantitative estimate of drug-likeness (QED) is 0.0572. The molecule has 45 heavy (non-hydrogen) atoms. The van der Waals surface area contributed by atoms with Gasteiger partial charge in [-0.15, -0.1) is 0 Å². The van der Waals surface area contributed by atoms with Gasteiger partial charge in [-0.3, -0.25) is 4.79 Å². The molecule has 2 unspecified atom stereocenters. The highest BCUT2D eigenvalue weighted by Gasteiger charge is 2.44. The molecule has 0 spiro atoms. The first kappa shape index (κ1) is 42.2. The van der Waals surface area contributed by atoms with Crippen molar-refractivity contribution in [1.82, 2.24) is 5.32 Å². The van der Waals surface area contributed by atoms with Crippen molar-refractivity contribution in [3.8, 4) is 0 Å². The van der Waals surface area contributed by atoms with Crippen LogP contribution in [0.4, 0.5) is 0 Å². The predicted octanol–water partition coefficient (Wildman–Crippen LogP) is 4.63. The fraction of sp³-hybridized carbons (Fsp3) is 0.971. The molecule has 1 heterocycles. The Bertz CT molecular complexity index is 698. The van der Waals surface area contributed by atoms with Crippen molar-refractivity contribution in [3.05, 3.63) is 0 Å². The summed E-state index contributed by atoms with van der Waals surface area (Å²) in [6.45, 7) is 3.53. The lowest BCUT2D eigenvalue weighted by Crippen LogP contribution is -2.60. The first-order valence-corrected chi connectivity index (χ1v) is 18.3. The Kier molecular flexibility index (Phi) is 25.4. The molecule has 1 aliphatic rings. The van der Waals surface area contributed by atoms with Gasteiger partial charge in [-0.1, -0.05) is 136 Å². The van der Waals surface area contributed by atoms with E-state index < -0.39 is 55.6 Å². The van der Waals surface area contributed by atoms with E-state index in [0.29, 0.717) is 6.42 Å². The maximum Gasteiger partial charge on any atom is 0.220 e. The number of carbonyl (C=O) groups is 1. The Hall–Kier alpha value is -0.850. The minimum atomic E-state index is -1.60. The van der Waals surface area contributed by atoms with Crippen LogP contribution < -0.4 is 5.32 Å². The number of hydrogen-bond acceptors (Lipinski definition) is 9. The van der Waals surface area contributed by atoms with E-state index in [9.17, 15) is 35.4 Å². The zero-order valence-corrected chi connectivity index (χ0v) is 28.5. The third-order valence-corrected chi connectivity index (χ3v) is 9.05. The summed E-state index contributed by atoms with van der Waals surface area (Å²) >= 11 is 0. The fourth-order valence-electron chi connectivity index (χ4n) is 5.96. The number of aliphatic hydroxyl groups is 6. The summed E-state index contributed by atoms with van der Waals surface area (Å²) in [5.74, 6) is -0.263. The number of carbonyl (C=O) groups excluding carboxylic acids is 1. The molecule has 1 saturated heterocycles. The van der Waals surface area contributed by atoms with Gasteiger partial charge in [0.15, 0.2) is 6.29 Å². The van der Waals surface area contributed by atoms with E-state index in [2.05, 4.69) is 19.2 Å². The van der Waals surface area contributed by atoms with Gasteiger partial charge in [0.05, 0.1) is 25.4 Å². The number of hydrogen-bond donors (Lipinski definition) is 7. The molecule has 268 valence electrons. The van der Waals surface area contributed by atoms with Gasteiger partial charge < -0.3 is 45.4 Å². The van der Waals surface area contributed by atoms with Crippen LogP contribution in [0.25, 0.3) is 0 Å². The molecule has 10 nitrogen and oxygen atoms in total. The van der Waals surface area contributed by atoms with Crippen LogP contribution in [0.1, 0.15) is 155 Å². The molecule has 8 atom stereocenters. The molecule has 1 aliphatic heterocycles. The summed E-state index contributed by atoms with van der Waals surface area (Å²) < 4.78 is 11.1. The summed E-state index contributed by atoms with van der Waals surface area (Å²) in [4.78, 5) is 12.8. The van der Waals surface area contributed by atoms with E-state index in [1.165, 1.54) is 77.0 Å². The van der Waals surface area contributed by atoms with Crippen LogP contribution in [0, 0.1) is 0 Å². The first-order valence-electron chi connectivity index (χ1n) is 18.3. The van der Waals surface area contributed by atoms with Gasteiger partial charge in [0.25, 0.3) is 0 Å². The molecule has 0 saturated carbocycles. The van der Waals surface area contributed by atoms with Gasteiger partial charge in [0.1, 0.15) is 30.5 Å². The minimum Gasteiger partial charge on any atom is -0.394 e. The smallest absolute Gasteiger partial charge is 0.220 e. The van der Waals surface area contributed by atoms with Crippen molar-refractivity contribution in [1.29, 1.82) is 0 Å². The topological polar surface area (TPSA) is 169 Å². The summed E-state index contributed by atoms with van der Waals surface area (Å²) in [6, 6.07) is -0.980.